The molecule has 0 nitrogen and oxygen atoms in total. The zero-order valence-corrected chi connectivity index (χ0v) is 8.66. The first-order chi connectivity index (χ1) is 5.74. The van der Waals surface area contributed by atoms with Gasteiger partial charge in [0.05, 0.1) is 4.88 Å². The van der Waals surface area contributed by atoms with Gasteiger partial charge in [0.2, 0.25) is 0 Å². The van der Waals surface area contributed by atoms with Crippen LogP contribution in [0.15, 0.2) is 12.1 Å². The zero-order chi connectivity index (χ0) is 8.97. The van der Waals surface area contributed by atoms with Crippen LogP contribution in [0.4, 0.5) is 0 Å². The molecule has 0 spiro atoms. The maximum atomic E-state index is 3.14. The number of hydrogen-bond acceptors (Lipinski definition) is 1. The molecule has 0 amide bonds. The van der Waals surface area contributed by atoms with Crippen molar-refractivity contribution in [1.82, 2.24) is 0 Å². The van der Waals surface area contributed by atoms with Gasteiger partial charge in [0.25, 0.3) is 0 Å². The van der Waals surface area contributed by atoms with E-state index in [1.807, 2.05) is 11.3 Å². The molecule has 0 aliphatic carbocycles. The fourth-order valence-electron chi connectivity index (χ4n) is 0.906. The van der Waals surface area contributed by atoms with Gasteiger partial charge in [-0.2, -0.15) is 0 Å². The minimum Gasteiger partial charge on any atom is -0.131 e. The third-order valence-corrected chi connectivity index (χ3v) is 2.89. The van der Waals surface area contributed by atoms with E-state index in [9.17, 15) is 0 Å². The molecule has 0 fully saturated rings. The second-order valence-corrected chi connectivity index (χ2v) is 4.13. The number of hydrogen-bond donors (Lipinski definition) is 0. The predicted molar refractivity (Wildman–Crippen MR) is 55.6 cm³/mol. The van der Waals surface area contributed by atoms with E-state index in [-0.39, 0.29) is 0 Å². The van der Waals surface area contributed by atoms with Crippen LogP contribution < -0.4 is 0 Å². The third kappa shape index (κ3) is 2.39. The third-order valence-electron chi connectivity index (χ3n) is 1.58. The monoisotopic (exact) mass is 178 g/mol. The van der Waals surface area contributed by atoms with Gasteiger partial charge >= 0.3 is 0 Å². The highest BCUT2D eigenvalue weighted by atomic mass is 32.1. The van der Waals surface area contributed by atoms with E-state index in [0.717, 1.165) is 6.42 Å². The molecule has 1 heteroatoms. The predicted octanol–water partition coefficient (Wildman–Crippen LogP) is 3.63. The molecule has 12 heavy (non-hydrogen) atoms. The molecule has 0 radical (unpaired) electrons. The number of rotatable bonds is 1. The molecule has 0 aliphatic rings. The van der Waals surface area contributed by atoms with Crippen molar-refractivity contribution in [2.24, 2.45) is 0 Å². The van der Waals surface area contributed by atoms with Gasteiger partial charge in [0.15, 0.2) is 0 Å². The summed E-state index contributed by atoms with van der Waals surface area (Å²) in [5, 5.41) is 0. The smallest absolute Gasteiger partial charge is 0.0771 e. The molecule has 0 saturated heterocycles. The summed E-state index contributed by atoms with van der Waals surface area (Å²) < 4.78 is 0. The minimum atomic E-state index is 0.632. The lowest BCUT2D eigenvalue weighted by Crippen LogP contribution is -1.77. The van der Waals surface area contributed by atoms with Crippen LogP contribution in [0.3, 0.4) is 0 Å². The van der Waals surface area contributed by atoms with Crippen molar-refractivity contribution in [2.45, 2.75) is 33.1 Å². The van der Waals surface area contributed by atoms with Gasteiger partial charge in [-0.3, -0.25) is 0 Å². The Bertz CT molecular complexity index is 296. The standard InChI is InChI=1S/C11H14S/c1-4-5-6-10-7-8-11(12-10)9(2)3/h7-9H,4H2,1-3H3. The van der Waals surface area contributed by atoms with Crippen LogP contribution in [-0.4, -0.2) is 0 Å². The van der Waals surface area contributed by atoms with Gasteiger partial charge in [-0.25, -0.2) is 0 Å². The second kappa shape index (κ2) is 4.33. The normalized spacial score (nSPS) is 9.67. The summed E-state index contributed by atoms with van der Waals surface area (Å²) >= 11 is 1.81. The van der Waals surface area contributed by atoms with Crippen molar-refractivity contribution in [3.05, 3.63) is 21.9 Å². The van der Waals surface area contributed by atoms with Gasteiger partial charge in [0.1, 0.15) is 0 Å². The molecule has 0 atom stereocenters. The molecule has 1 aromatic rings. The van der Waals surface area contributed by atoms with Crippen LogP contribution in [-0.2, 0) is 0 Å². The summed E-state index contributed by atoms with van der Waals surface area (Å²) in [6, 6.07) is 4.29. The van der Waals surface area contributed by atoms with Crippen LogP contribution in [0.25, 0.3) is 0 Å². The van der Waals surface area contributed by atoms with Crippen LogP contribution in [0.5, 0.6) is 0 Å². The highest BCUT2D eigenvalue weighted by molar-refractivity contribution is 7.12. The topological polar surface area (TPSA) is 0 Å². The lowest BCUT2D eigenvalue weighted by Gasteiger charge is -1.96. The second-order valence-electron chi connectivity index (χ2n) is 3.01. The Hall–Kier alpha value is -0.740. The first-order valence-corrected chi connectivity index (χ1v) is 5.14. The van der Waals surface area contributed by atoms with E-state index in [1.54, 1.807) is 0 Å². The summed E-state index contributed by atoms with van der Waals surface area (Å²) in [7, 11) is 0. The Morgan fingerprint density at radius 1 is 1.42 bits per heavy atom. The van der Waals surface area contributed by atoms with Crippen LogP contribution >= 0.6 is 11.3 Å². The summed E-state index contributed by atoms with van der Waals surface area (Å²) in [5.74, 6) is 6.85. The van der Waals surface area contributed by atoms with E-state index in [1.165, 1.54) is 9.75 Å². The molecule has 0 unspecified atom stereocenters. The molecule has 64 valence electrons. The van der Waals surface area contributed by atoms with Crippen LogP contribution in [0, 0.1) is 11.8 Å². The van der Waals surface area contributed by atoms with Gasteiger partial charge in [0, 0.05) is 11.3 Å². The summed E-state index contributed by atoms with van der Waals surface area (Å²) in [6.07, 6.45) is 0.939. The van der Waals surface area contributed by atoms with Gasteiger partial charge < -0.3 is 0 Å². The van der Waals surface area contributed by atoms with Crippen LogP contribution in [0.1, 0.15) is 42.9 Å². The highest BCUT2D eigenvalue weighted by Gasteiger charge is 2.00. The van der Waals surface area contributed by atoms with Crippen molar-refractivity contribution in [1.29, 1.82) is 0 Å². The molecule has 0 N–H and O–H groups in total. The van der Waals surface area contributed by atoms with Crippen molar-refractivity contribution in [3.63, 3.8) is 0 Å². The maximum absolute atomic E-state index is 3.14. The largest absolute Gasteiger partial charge is 0.131 e. The van der Waals surface area contributed by atoms with Crippen molar-refractivity contribution in [3.8, 4) is 11.8 Å². The van der Waals surface area contributed by atoms with Crippen molar-refractivity contribution < 1.29 is 0 Å². The van der Waals surface area contributed by atoms with E-state index in [0.29, 0.717) is 5.92 Å². The fraction of sp³-hybridized carbons (Fsp3) is 0.455. The Morgan fingerprint density at radius 2 is 2.17 bits per heavy atom. The van der Waals surface area contributed by atoms with Crippen LogP contribution in [0.2, 0.25) is 0 Å². The molecule has 0 saturated carbocycles. The minimum absolute atomic E-state index is 0.632. The molecule has 1 aromatic heterocycles. The lowest BCUT2D eigenvalue weighted by atomic mass is 10.2. The van der Waals surface area contributed by atoms with Gasteiger partial charge in [-0.05, 0) is 18.1 Å². The fourth-order valence-corrected chi connectivity index (χ4v) is 1.79. The quantitative estimate of drug-likeness (QED) is 0.576. The summed E-state index contributed by atoms with van der Waals surface area (Å²) in [5.41, 5.74) is 0. The summed E-state index contributed by atoms with van der Waals surface area (Å²) in [6.45, 7) is 6.50. The van der Waals surface area contributed by atoms with E-state index >= 15 is 0 Å². The molecule has 0 bridgehead atoms. The van der Waals surface area contributed by atoms with E-state index < -0.39 is 0 Å². The molecular formula is C11H14S. The Kier molecular flexibility index (Phi) is 3.37. The van der Waals surface area contributed by atoms with E-state index in [4.69, 9.17) is 0 Å². The molecule has 0 aliphatic heterocycles. The Balaban J connectivity index is 2.77. The van der Waals surface area contributed by atoms with Crippen molar-refractivity contribution >= 4 is 11.3 Å². The molecule has 0 aromatic carbocycles. The first-order valence-electron chi connectivity index (χ1n) is 4.32. The Labute approximate surface area is 78.6 Å². The number of thiophene rings is 1. The Morgan fingerprint density at radius 3 is 2.67 bits per heavy atom. The lowest BCUT2D eigenvalue weighted by molar-refractivity contribution is 0.890. The molecular weight excluding hydrogens is 164 g/mol. The first kappa shape index (κ1) is 9.35. The summed E-state index contributed by atoms with van der Waals surface area (Å²) in [4.78, 5) is 2.62. The maximum Gasteiger partial charge on any atom is 0.0771 e. The molecule has 1 heterocycles. The average molecular weight is 178 g/mol. The van der Waals surface area contributed by atoms with E-state index in [2.05, 4.69) is 44.7 Å². The van der Waals surface area contributed by atoms with Gasteiger partial charge in [-0.15, -0.1) is 11.3 Å². The highest BCUT2D eigenvalue weighted by Crippen LogP contribution is 2.23. The van der Waals surface area contributed by atoms with Crippen molar-refractivity contribution in [2.75, 3.05) is 0 Å². The average Bonchev–Trinajstić information content (AvgIpc) is 2.48. The van der Waals surface area contributed by atoms with Gasteiger partial charge in [-0.1, -0.05) is 32.6 Å². The SMILES string of the molecule is CCC#Cc1ccc(C(C)C)s1. The zero-order valence-electron chi connectivity index (χ0n) is 7.85. The molecule has 1 rings (SSSR count).